The summed E-state index contributed by atoms with van der Waals surface area (Å²) in [6.07, 6.45) is 7.59. The molecule has 4 heterocycles. The van der Waals surface area contributed by atoms with Crippen molar-refractivity contribution in [1.82, 2.24) is 24.1 Å². The van der Waals surface area contributed by atoms with Gasteiger partial charge in [-0.3, -0.25) is 4.57 Å². The summed E-state index contributed by atoms with van der Waals surface area (Å²) in [5.41, 5.74) is 3.16. The van der Waals surface area contributed by atoms with Gasteiger partial charge < -0.3 is 8.82 Å². The number of hydrogen-bond acceptors (Lipinski definition) is 5. The fraction of sp³-hybridized carbons (Fsp3) is 0.167. The number of aromatic nitrogens is 5. The number of fused-ring (bicyclic) bond motifs is 1. The molecule has 0 fully saturated rings. The van der Waals surface area contributed by atoms with E-state index in [2.05, 4.69) is 47.1 Å². The van der Waals surface area contributed by atoms with Crippen LogP contribution in [0.25, 0.3) is 17.2 Å². The molecule has 0 spiro atoms. The molecular weight excluding hydrogens is 334 g/mol. The van der Waals surface area contributed by atoms with Gasteiger partial charge in [0.05, 0.1) is 12.0 Å². The van der Waals surface area contributed by atoms with E-state index >= 15 is 0 Å². The minimum atomic E-state index is 0.621. The summed E-state index contributed by atoms with van der Waals surface area (Å²) in [7, 11) is 0. The minimum Gasteiger partial charge on any atom is -0.461 e. The first-order valence-corrected chi connectivity index (χ1v) is 8.88. The number of allylic oxidation sites excluding steroid dienone is 1. The van der Waals surface area contributed by atoms with Gasteiger partial charge in [-0.2, -0.15) is 0 Å². The first-order chi connectivity index (χ1) is 12.2. The van der Waals surface area contributed by atoms with Crippen molar-refractivity contribution in [1.29, 1.82) is 0 Å². The van der Waals surface area contributed by atoms with Gasteiger partial charge in [0.25, 0.3) is 0 Å². The van der Waals surface area contributed by atoms with Crippen LogP contribution in [0.2, 0.25) is 0 Å². The molecule has 0 saturated carbocycles. The molecule has 0 N–H and O–H groups in total. The molecule has 25 heavy (non-hydrogen) atoms. The normalized spacial score (nSPS) is 11.2. The minimum absolute atomic E-state index is 0.621. The molecule has 6 nitrogen and oxygen atoms in total. The predicted octanol–water partition coefficient (Wildman–Crippen LogP) is 3.97. The van der Waals surface area contributed by atoms with Crippen molar-refractivity contribution in [3.8, 4) is 11.6 Å². The van der Waals surface area contributed by atoms with Gasteiger partial charge in [-0.05, 0) is 30.7 Å². The number of imidazole rings is 1. The van der Waals surface area contributed by atoms with Gasteiger partial charge in [-0.15, -0.1) is 16.8 Å². The second-order valence-electron chi connectivity index (χ2n) is 5.68. The van der Waals surface area contributed by atoms with E-state index in [9.17, 15) is 0 Å². The van der Waals surface area contributed by atoms with Crippen molar-refractivity contribution in [2.45, 2.75) is 24.4 Å². The van der Waals surface area contributed by atoms with Crippen LogP contribution in [0.1, 0.15) is 11.3 Å². The molecule has 0 aliphatic heterocycles. The van der Waals surface area contributed by atoms with Crippen LogP contribution >= 0.6 is 11.8 Å². The molecule has 4 aromatic rings. The van der Waals surface area contributed by atoms with Crippen LogP contribution in [-0.2, 0) is 12.3 Å². The lowest BCUT2D eigenvalue weighted by Gasteiger charge is -2.05. The highest BCUT2D eigenvalue weighted by Gasteiger charge is 2.16. The van der Waals surface area contributed by atoms with Gasteiger partial charge in [-0.25, -0.2) is 4.98 Å². The Morgan fingerprint density at radius 2 is 2.16 bits per heavy atom. The van der Waals surface area contributed by atoms with Crippen molar-refractivity contribution >= 4 is 17.4 Å². The Balaban J connectivity index is 1.58. The number of hydrogen-bond donors (Lipinski definition) is 0. The average Bonchev–Trinajstić information content (AvgIpc) is 3.32. The smallest absolute Gasteiger partial charge is 0.200 e. The van der Waals surface area contributed by atoms with E-state index < -0.39 is 0 Å². The maximum absolute atomic E-state index is 5.45. The van der Waals surface area contributed by atoms with Crippen molar-refractivity contribution in [3.63, 3.8) is 0 Å². The van der Waals surface area contributed by atoms with E-state index in [4.69, 9.17) is 4.42 Å². The molecule has 0 atom stereocenters. The van der Waals surface area contributed by atoms with Crippen LogP contribution in [0.3, 0.4) is 0 Å². The molecular formula is C18H17N5OS. The van der Waals surface area contributed by atoms with Crippen LogP contribution in [0.15, 0.2) is 65.2 Å². The predicted molar refractivity (Wildman–Crippen MR) is 97.4 cm³/mol. The molecule has 4 aromatic heterocycles. The summed E-state index contributed by atoms with van der Waals surface area (Å²) < 4.78 is 9.50. The van der Waals surface area contributed by atoms with E-state index in [-0.39, 0.29) is 0 Å². The maximum Gasteiger partial charge on any atom is 0.200 e. The summed E-state index contributed by atoms with van der Waals surface area (Å²) in [6, 6.07) is 7.81. The second kappa shape index (κ2) is 6.60. The molecule has 0 aromatic carbocycles. The molecule has 0 aliphatic carbocycles. The highest BCUT2D eigenvalue weighted by Crippen LogP contribution is 2.26. The number of pyridine rings is 1. The van der Waals surface area contributed by atoms with Crippen molar-refractivity contribution in [3.05, 3.63) is 66.8 Å². The standard InChI is InChI=1S/C18H17N5OS/c1-3-8-23-17(15-5-4-9-24-15)20-21-18(23)25-12-14-11-22-10-13(2)6-7-16(22)19-14/h3-7,9-11H,1,8,12H2,2H3. The van der Waals surface area contributed by atoms with E-state index in [0.717, 1.165) is 16.5 Å². The zero-order valence-corrected chi connectivity index (χ0v) is 14.6. The third-order valence-corrected chi connectivity index (χ3v) is 4.77. The molecule has 0 aliphatic rings. The monoisotopic (exact) mass is 351 g/mol. The Morgan fingerprint density at radius 1 is 1.24 bits per heavy atom. The number of rotatable bonds is 6. The Bertz CT molecular complexity index is 1020. The summed E-state index contributed by atoms with van der Waals surface area (Å²) >= 11 is 1.60. The van der Waals surface area contributed by atoms with E-state index in [0.29, 0.717) is 23.9 Å². The highest BCUT2D eigenvalue weighted by molar-refractivity contribution is 7.98. The van der Waals surface area contributed by atoms with Crippen LogP contribution in [0.4, 0.5) is 0 Å². The Hall–Kier alpha value is -2.80. The first-order valence-electron chi connectivity index (χ1n) is 7.89. The van der Waals surface area contributed by atoms with Gasteiger partial charge in [0.15, 0.2) is 10.9 Å². The first kappa shape index (κ1) is 15.7. The summed E-state index contributed by atoms with van der Waals surface area (Å²) in [4.78, 5) is 4.65. The van der Waals surface area contributed by atoms with Crippen molar-refractivity contribution < 1.29 is 4.42 Å². The van der Waals surface area contributed by atoms with Crippen LogP contribution in [0.5, 0.6) is 0 Å². The zero-order valence-electron chi connectivity index (χ0n) is 13.8. The molecule has 7 heteroatoms. The number of thioether (sulfide) groups is 1. The fourth-order valence-corrected chi connectivity index (χ4v) is 3.47. The number of nitrogens with zero attached hydrogens (tertiary/aromatic N) is 5. The van der Waals surface area contributed by atoms with Crippen LogP contribution in [0, 0.1) is 6.92 Å². The lowest BCUT2D eigenvalue weighted by Crippen LogP contribution is -2.00. The van der Waals surface area contributed by atoms with Gasteiger partial charge >= 0.3 is 0 Å². The Morgan fingerprint density at radius 3 is 2.96 bits per heavy atom. The lowest BCUT2D eigenvalue weighted by molar-refractivity contribution is 0.569. The average molecular weight is 351 g/mol. The van der Waals surface area contributed by atoms with Crippen molar-refractivity contribution in [2.24, 2.45) is 0 Å². The SMILES string of the molecule is C=CCn1c(SCc2cn3cc(C)ccc3n2)nnc1-c1ccco1. The maximum atomic E-state index is 5.45. The third kappa shape index (κ3) is 3.10. The third-order valence-electron chi connectivity index (χ3n) is 3.77. The van der Waals surface area contributed by atoms with E-state index in [1.54, 1.807) is 18.0 Å². The quantitative estimate of drug-likeness (QED) is 0.388. The number of aryl methyl sites for hydroxylation is 1. The molecule has 126 valence electrons. The van der Waals surface area contributed by atoms with E-state index in [1.165, 1.54) is 5.56 Å². The van der Waals surface area contributed by atoms with Gasteiger partial charge in [0, 0.05) is 24.7 Å². The largest absolute Gasteiger partial charge is 0.461 e. The number of furan rings is 1. The van der Waals surface area contributed by atoms with Crippen molar-refractivity contribution in [2.75, 3.05) is 0 Å². The highest BCUT2D eigenvalue weighted by atomic mass is 32.2. The molecule has 4 rings (SSSR count). The topological polar surface area (TPSA) is 61.2 Å². The Labute approximate surface area is 149 Å². The molecule has 0 saturated heterocycles. The molecule has 0 radical (unpaired) electrons. The molecule has 0 bridgehead atoms. The zero-order chi connectivity index (χ0) is 17.2. The van der Waals surface area contributed by atoms with Gasteiger partial charge in [-0.1, -0.05) is 23.9 Å². The van der Waals surface area contributed by atoms with Crippen LogP contribution < -0.4 is 0 Å². The second-order valence-corrected chi connectivity index (χ2v) is 6.62. The summed E-state index contributed by atoms with van der Waals surface area (Å²) in [5.74, 6) is 2.12. The molecule has 0 unspecified atom stereocenters. The van der Waals surface area contributed by atoms with Gasteiger partial charge in [0.2, 0.25) is 5.82 Å². The summed E-state index contributed by atoms with van der Waals surface area (Å²) in [6.45, 7) is 6.51. The lowest BCUT2D eigenvalue weighted by atomic mass is 10.3. The summed E-state index contributed by atoms with van der Waals surface area (Å²) in [5, 5.41) is 9.40. The fourth-order valence-electron chi connectivity index (χ4n) is 2.64. The van der Waals surface area contributed by atoms with Gasteiger partial charge in [0.1, 0.15) is 5.65 Å². The van der Waals surface area contributed by atoms with Crippen LogP contribution in [-0.4, -0.2) is 24.1 Å². The molecule has 0 amide bonds. The van der Waals surface area contributed by atoms with E-state index in [1.807, 2.05) is 33.2 Å². The Kier molecular flexibility index (Phi) is 4.15.